The zero-order valence-electron chi connectivity index (χ0n) is 16.4. The summed E-state index contributed by atoms with van der Waals surface area (Å²) in [5, 5.41) is 5.74. The van der Waals surface area contributed by atoms with E-state index in [1.807, 2.05) is 89.8 Å². The Balaban J connectivity index is 1.26. The van der Waals surface area contributed by atoms with E-state index in [0.717, 1.165) is 28.3 Å². The first-order chi connectivity index (χ1) is 14.8. The molecule has 2 amide bonds. The summed E-state index contributed by atoms with van der Waals surface area (Å²) in [5.41, 5.74) is 3.72. The lowest BCUT2D eigenvalue weighted by Crippen LogP contribution is -2.28. The number of carbonyl (C=O) groups excluding carboxylic acids is 1. The van der Waals surface area contributed by atoms with Gasteiger partial charge in [-0.05, 0) is 54.1 Å². The van der Waals surface area contributed by atoms with E-state index in [0.29, 0.717) is 13.2 Å². The highest BCUT2D eigenvalue weighted by atomic mass is 16.5. The highest BCUT2D eigenvalue weighted by Crippen LogP contribution is 2.16. The van der Waals surface area contributed by atoms with Gasteiger partial charge in [0.2, 0.25) is 0 Å². The number of benzene rings is 2. The molecule has 0 unspecified atom stereocenters. The molecule has 0 bridgehead atoms. The first-order valence-electron chi connectivity index (χ1n) is 9.65. The maximum absolute atomic E-state index is 12.3. The monoisotopic (exact) mass is 398 g/mol. The van der Waals surface area contributed by atoms with Gasteiger partial charge in [0.15, 0.2) is 0 Å². The van der Waals surface area contributed by atoms with Gasteiger partial charge in [0.25, 0.3) is 0 Å². The molecule has 0 aliphatic carbocycles. The van der Waals surface area contributed by atoms with Gasteiger partial charge in [-0.15, -0.1) is 0 Å². The quantitative estimate of drug-likeness (QED) is 0.471. The molecular weight excluding hydrogens is 376 g/mol. The van der Waals surface area contributed by atoms with Gasteiger partial charge < -0.3 is 19.9 Å². The van der Waals surface area contributed by atoms with Crippen molar-refractivity contribution in [3.8, 4) is 11.4 Å². The van der Waals surface area contributed by atoms with Crippen LogP contribution < -0.4 is 15.4 Å². The number of nitrogens with zero attached hydrogens (tertiary/aromatic N) is 2. The van der Waals surface area contributed by atoms with Crippen LogP contribution >= 0.6 is 0 Å². The molecule has 30 heavy (non-hydrogen) atoms. The molecule has 2 N–H and O–H groups in total. The van der Waals surface area contributed by atoms with E-state index in [1.54, 1.807) is 12.4 Å². The van der Waals surface area contributed by atoms with Crippen molar-refractivity contribution in [1.82, 2.24) is 14.9 Å². The fraction of sp³-hybridized carbons (Fsp3) is 0.0833. The van der Waals surface area contributed by atoms with Crippen molar-refractivity contribution >= 4 is 11.7 Å². The molecule has 150 valence electrons. The molecule has 0 atom stereocenters. The smallest absolute Gasteiger partial charge is 0.319 e. The van der Waals surface area contributed by atoms with Crippen molar-refractivity contribution in [3.63, 3.8) is 0 Å². The van der Waals surface area contributed by atoms with E-state index in [1.165, 1.54) is 0 Å². The number of carbonyl (C=O) groups is 1. The number of nitrogens with one attached hydrogen (secondary N) is 2. The molecule has 0 saturated carbocycles. The Morgan fingerprint density at radius 1 is 0.933 bits per heavy atom. The summed E-state index contributed by atoms with van der Waals surface area (Å²) in [6, 6.07) is 22.9. The summed E-state index contributed by atoms with van der Waals surface area (Å²) in [7, 11) is 0. The third kappa shape index (κ3) is 5.26. The minimum absolute atomic E-state index is 0.253. The van der Waals surface area contributed by atoms with E-state index >= 15 is 0 Å². The number of anilines is 1. The van der Waals surface area contributed by atoms with Crippen LogP contribution in [0.4, 0.5) is 10.5 Å². The van der Waals surface area contributed by atoms with Gasteiger partial charge in [-0.1, -0.05) is 24.3 Å². The lowest BCUT2D eigenvalue weighted by Gasteiger charge is -2.10. The van der Waals surface area contributed by atoms with Gasteiger partial charge in [0, 0.05) is 48.3 Å². The van der Waals surface area contributed by atoms with Gasteiger partial charge in [0.05, 0.1) is 0 Å². The molecular formula is C24H22N4O2. The molecule has 0 aliphatic heterocycles. The van der Waals surface area contributed by atoms with Crippen molar-refractivity contribution in [2.45, 2.75) is 13.2 Å². The SMILES string of the molecule is O=C(NCc1ccc(OCc2cccnc2)cc1)Nc1cccc(-n2cccc2)c1. The largest absolute Gasteiger partial charge is 0.489 e. The van der Waals surface area contributed by atoms with Crippen LogP contribution in [0.3, 0.4) is 0 Å². The highest BCUT2D eigenvalue weighted by Gasteiger charge is 2.04. The van der Waals surface area contributed by atoms with Crippen LogP contribution in [0.15, 0.2) is 97.6 Å². The molecule has 2 aromatic heterocycles. The zero-order chi connectivity index (χ0) is 20.6. The lowest BCUT2D eigenvalue weighted by atomic mass is 10.2. The molecule has 6 nitrogen and oxygen atoms in total. The molecule has 0 saturated heterocycles. The van der Waals surface area contributed by atoms with E-state index in [9.17, 15) is 4.79 Å². The maximum atomic E-state index is 12.3. The second kappa shape index (κ2) is 9.43. The number of pyridine rings is 1. The molecule has 2 heterocycles. The van der Waals surface area contributed by atoms with Crippen molar-refractivity contribution in [3.05, 3.63) is 109 Å². The highest BCUT2D eigenvalue weighted by molar-refractivity contribution is 5.89. The Labute approximate surface area is 175 Å². The van der Waals surface area contributed by atoms with E-state index in [2.05, 4.69) is 15.6 Å². The number of ether oxygens (including phenoxy) is 1. The maximum Gasteiger partial charge on any atom is 0.319 e. The van der Waals surface area contributed by atoms with Gasteiger partial charge in [-0.3, -0.25) is 4.98 Å². The Morgan fingerprint density at radius 3 is 2.53 bits per heavy atom. The topological polar surface area (TPSA) is 68.2 Å². The predicted molar refractivity (Wildman–Crippen MR) is 117 cm³/mol. The van der Waals surface area contributed by atoms with Crippen molar-refractivity contribution in [2.24, 2.45) is 0 Å². The number of rotatable bonds is 7. The molecule has 2 aromatic carbocycles. The summed E-state index contributed by atoms with van der Waals surface area (Å²) in [5.74, 6) is 0.772. The second-order valence-corrected chi connectivity index (χ2v) is 6.74. The van der Waals surface area contributed by atoms with Crippen LogP contribution in [0.25, 0.3) is 5.69 Å². The second-order valence-electron chi connectivity index (χ2n) is 6.74. The first-order valence-corrected chi connectivity index (χ1v) is 9.65. The van der Waals surface area contributed by atoms with Crippen molar-refractivity contribution in [2.75, 3.05) is 5.32 Å². The molecule has 4 rings (SSSR count). The molecule has 4 aromatic rings. The number of hydrogen-bond acceptors (Lipinski definition) is 3. The minimum atomic E-state index is -0.253. The number of aromatic nitrogens is 2. The summed E-state index contributed by atoms with van der Waals surface area (Å²) in [6.07, 6.45) is 7.44. The molecule has 0 fully saturated rings. The zero-order valence-corrected chi connectivity index (χ0v) is 16.4. The summed E-state index contributed by atoms with van der Waals surface area (Å²) in [6.45, 7) is 0.891. The predicted octanol–water partition coefficient (Wildman–Crippen LogP) is 4.77. The van der Waals surface area contributed by atoms with Crippen LogP contribution in [0.5, 0.6) is 5.75 Å². The standard InChI is InChI=1S/C24H22N4O2/c29-24(27-21-6-3-7-22(15-21)28-13-1-2-14-28)26-17-19-8-10-23(11-9-19)30-18-20-5-4-12-25-16-20/h1-16H,17-18H2,(H2,26,27,29). The molecule has 0 aliphatic rings. The Hall–Kier alpha value is -4.06. The third-order valence-corrected chi connectivity index (χ3v) is 4.51. The average molecular weight is 398 g/mol. The number of hydrogen-bond donors (Lipinski definition) is 2. The summed E-state index contributed by atoms with van der Waals surface area (Å²) in [4.78, 5) is 16.3. The van der Waals surface area contributed by atoms with Crippen LogP contribution in [0, 0.1) is 0 Å². The van der Waals surface area contributed by atoms with Gasteiger partial charge in [0.1, 0.15) is 12.4 Å². The van der Waals surface area contributed by atoms with Crippen LogP contribution in [0.1, 0.15) is 11.1 Å². The van der Waals surface area contributed by atoms with Gasteiger partial charge in [-0.25, -0.2) is 4.79 Å². The van der Waals surface area contributed by atoms with Gasteiger partial charge >= 0.3 is 6.03 Å². The third-order valence-electron chi connectivity index (χ3n) is 4.51. The number of amides is 2. The summed E-state index contributed by atoms with van der Waals surface area (Å²) < 4.78 is 7.74. The molecule has 0 radical (unpaired) electrons. The fourth-order valence-electron chi connectivity index (χ4n) is 2.96. The lowest BCUT2D eigenvalue weighted by molar-refractivity contribution is 0.251. The molecule has 0 spiro atoms. The van der Waals surface area contributed by atoms with Crippen molar-refractivity contribution < 1.29 is 9.53 Å². The van der Waals surface area contributed by atoms with Crippen LogP contribution in [-0.2, 0) is 13.2 Å². The normalized spacial score (nSPS) is 10.4. The van der Waals surface area contributed by atoms with E-state index < -0.39 is 0 Å². The summed E-state index contributed by atoms with van der Waals surface area (Å²) >= 11 is 0. The van der Waals surface area contributed by atoms with E-state index in [4.69, 9.17) is 4.74 Å². The average Bonchev–Trinajstić information content (AvgIpc) is 3.33. The fourth-order valence-corrected chi connectivity index (χ4v) is 2.96. The first kappa shape index (κ1) is 19.3. The minimum Gasteiger partial charge on any atom is -0.489 e. The number of urea groups is 1. The Bertz CT molecular complexity index is 1080. The Kier molecular flexibility index (Phi) is 6.05. The Morgan fingerprint density at radius 2 is 1.77 bits per heavy atom. The van der Waals surface area contributed by atoms with Crippen LogP contribution in [0.2, 0.25) is 0 Å². The van der Waals surface area contributed by atoms with E-state index in [-0.39, 0.29) is 6.03 Å². The van der Waals surface area contributed by atoms with Crippen molar-refractivity contribution in [1.29, 1.82) is 0 Å². The van der Waals surface area contributed by atoms with Crippen LogP contribution in [-0.4, -0.2) is 15.6 Å². The van der Waals surface area contributed by atoms with Gasteiger partial charge in [-0.2, -0.15) is 0 Å². The molecule has 6 heteroatoms.